The zero-order chi connectivity index (χ0) is 81.4. The molecule has 5 aliphatic rings. The first-order chi connectivity index (χ1) is 55.9. The minimum atomic E-state index is -0.222. The van der Waals surface area contributed by atoms with Crippen molar-refractivity contribution >= 4 is 46.9 Å². The maximum absolute atomic E-state index is 12.9. The van der Waals surface area contributed by atoms with Gasteiger partial charge in [-0.25, -0.2) is 39.9 Å². The van der Waals surface area contributed by atoms with Gasteiger partial charge in [-0.15, -0.1) is 0 Å². The molecule has 24 heteroatoms. The van der Waals surface area contributed by atoms with E-state index in [9.17, 15) is 60.0 Å². The van der Waals surface area contributed by atoms with Gasteiger partial charge in [0.05, 0.1) is 45.6 Å². The van der Waals surface area contributed by atoms with Crippen molar-refractivity contribution in [1.82, 2.24) is 39.9 Å². The van der Waals surface area contributed by atoms with Crippen molar-refractivity contribution in [3.63, 3.8) is 0 Å². The fraction of sp³-hybridized carbons (Fsp3) is 0.261. The Morgan fingerprint density at radius 1 is 0.345 bits per heavy atom. The highest BCUT2D eigenvalue weighted by Crippen LogP contribution is 2.43. The number of benzene rings is 8. The van der Waals surface area contributed by atoms with Gasteiger partial charge < -0.3 is 62.1 Å². The summed E-state index contributed by atoms with van der Waals surface area (Å²) in [6.45, 7) is 9.26. The van der Waals surface area contributed by atoms with Crippen molar-refractivity contribution < 1.29 is 60.0 Å². The van der Waals surface area contributed by atoms with Crippen LogP contribution in [0.3, 0.4) is 0 Å². The zero-order valence-corrected chi connectivity index (χ0v) is 65.0. The molecule has 4 amide bonds. The molecule has 116 heavy (non-hydrogen) atoms. The lowest BCUT2D eigenvalue weighted by Crippen LogP contribution is -2.22. The zero-order valence-electron chi connectivity index (χ0n) is 65.0. The lowest BCUT2D eigenvalue weighted by atomic mass is 9.87. The number of hydrogen-bond acceptors (Lipinski definition) is 20. The van der Waals surface area contributed by atoms with Gasteiger partial charge in [0.15, 0.2) is 23.3 Å². The highest BCUT2D eigenvalue weighted by atomic mass is 16.3. The normalized spacial score (nSPS) is 13.5. The van der Waals surface area contributed by atoms with E-state index in [1.54, 1.807) is 146 Å². The molecule has 12 N–H and O–H groups in total. The minimum absolute atomic E-state index is 0.0210. The van der Waals surface area contributed by atoms with Crippen LogP contribution in [0, 0.1) is 17.8 Å². The van der Waals surface area contributed by atoms with E-state index in [1.807, 2.05) is 52.0 Å². The molecule has 4 heterocycles. The molecule has 17 rings (SSSR count). The van der Waals surface area contributed by atoms with E-state index in [0.29, 0.717) is 90.5 Å². The number of amides is 4. The first-order valence-electron chi connectivity index (χ1n) is 39.2. The molecule has 0 bridgehead atoms. The van der Waals surface area contributed by atoms with Crippen molar-refractivity contribution in [2.75, 3.05) is 21.3 Å². The Labute approximate surface area is 670 Å². The molecule has 0 radical (unpaired) electrons. The number of hydrogen-bond donors (Lipinski definition) is 12. The molecule has 0 aliphatic heterocycles. The van der Waals surface area contributed by atoms with E-state index in [4.69, 9.17) is 34.9 Å². The SMILES string of the molecule is CC(=O)Nc1nc2c(nc1-c1ccc(O)cc1)-c1ccc(O)cc1CC2.CC(C)CC(=O)Nc1nc2c(nc1-c1ccc(O)cc1)-c1ccc(O)cc1CC2.CCC(C)C(=O)Nc1nc2c(nc1-c1ccc(O)cc1)-c1ccc(O)cc1CC2.O=C(CC1CCCCC1)Nc1nc2c(nc1-c1ccc(O)cc1)-c1ccc(O)cc1CC2. The van der Waals surface area contributed by atoms with Crippen LogP contribution in [0.5, 0.6) is 46.0 Å². The van der Waals surface area contributed by atoms with Gasteiger partial charge in [0.1, 0.15) is 68.8 Å². The third-order valence-corrected chi connectivity index (χ3v) is 21.2. The van der Waals surface area contributed by atoms with E-state index >= 15 is 0 Å². The van der Waals surface area contributed by atoms with Crippen LogP contribution in [0.25, 0.3) is 90.1 Å². The summed E-state index contributed by atoms with van der Waals surface area (Å²) in [5.74, 6) is 3.41. The quantitative estimate of drug-likeness (QED) is 0.0481. The summed E-state index contributed by atoms with van der Waals surface area (Å²) in [4.78, 5) is 88.0. The number of aryl methyl sites for hydroxylation is 8. The third kappa shape index (κ3) is 18.4. The summed E-state index contributed by atoms with van der Waals surface area (Å²) in [6, 6.07) is 47.8. The second-order valence-corrected chi connectivity index (χ2v) is 30.3. The fourth-order valence-electron chi connectivity index (χ4n) is 15.1. The van der Waals surface area contributed by atoms with Gasteiger partial charge in [0.25, 0.3) is 0 Å². The Morgan fingerprint density at radius 3 is 0.922 bits per heavy atom. The van der Waals surface area contributed by atoms with E-state index in [1.165, 1.54) is 26.2 Å². The molecule has 12 aromatic rings. The average Bonchev–Trinajstić information content (AvgIpc) is 0.780. The smallest absolute Gasteiger partial charge is 0.228 e. The highest BCUT2D eigenvalue weighted by Gasteiger charge is 2.30. The van der Waals surface area contributed by atoms with Crippen molar-refractivity contribution in [2.24, 2.45) is 17.8 Å². The standard InChI is InChI=1S/C26H27N3O3.2C23H23N3O3.C20H17N3O3/c30-19-9-6-17(7-10-19)24-26(28-23(32)14-16-4-2-1-3-5-16)27-22-13-8-18-15-20(31)11-12-21(18)25(22)29-24;1-13(2)11-20(29)25-23-21(14-3-6-16(27)7-4-14)26-22-18-9-8-17(28)12-15(18)5-10-19(22)24-23;1-3-13(2)23(29)26-22-20(14-4-7-16(27)8-5-14)25-21-18-10-9-17(28)12-15(18)6-11-19(21)24-22;1-11(24)21-20-18(12-2-5-14(25)6-3-12)23-19-16-8-7-15(26)10-13(16)4-9-17(19)22-20/h6-7,9-12,15-16,30-31H,1-5,8,13-14H2,(H,27,28,32);3-4,6-9,12-13,27-28H,5,10-11H2,1-2H3,(H,24,25,29);4-5,7-10,12-13,27-28H,3,6,11H2,1-2H3,(H,24,26,29);2-3,5-8,10,25-26H,4,9H2,1H3,(H,21,22,24). The van der Waals surface area contributed by atoms with Crippen molar-refractivity contribution in [3.8, 4) is 136 Å². The lowest BCUT2D eigenvalue weighted by molar-refractivity contribution is -0.119. The molecular formula is C92H90N12O12. The van der Waals surface area contributed by atoms with Crippen LogP contribution in [0.15, 0.2) is 170 Å². The molecule has 1 atom stereocenters. The number of carbonyl (C=O) groups excluding carboxylic acids is 4. The average molecular weight is 1560 g/mol. The number of nitrogens with one attached hydrogen (secondary N) is 4. The molecule has 0 spiro atoms. The number of rotatable bonds is 14. The first-order valence-corrected chi connectivity index (χ1v) is 39.2. The van der Waals surface area contributed by atoms with Gasteiger partial charge in [0.2, 0.25) is 23.6 Å². The van der Waals surface area contributed by atoms with Crippen LogP contribution in [-0.2, 0) is 70.5 Å². The predicted octanol–water partition coefficient (Wildman–Crippen LogP) is 17.1. The summed E-state index contributed by atoms with van der Waals surface area (Å²) >= 11 is 0. The molecule has 0 saturated heterocycles. The number of anilines is 4. The number of fused-ring (bicyclic) bond motifs is 12. The van der Waals surface area contributed by atoms with Crippen molar-refractivity contribution in [3.05, 3.63) is 215 Å². The number of phenols is 8. The third-order valence-electron chi connectivity index (χ3n) is 21.2. The lowest BCUT2D eigenvalue weighted by Gasteiger charge is -2.23. The van der Waals surface area contributed by atoms with Crippen LogP contribution < -0.4 is 21.3 Å². The van der Waals surface area contributed by atoms with E-state index in [2.05, 4.69) is 26.3 Å². The fourth-order valence-corrected chi connectivity index (χ4v) is 15.1. The number of carbonyl (C=O) groups is 4. The molecule has 8 aromatic carbocycles. The minimum Gasteiger partial charge on any atom is -0.508 e. The maximum atomic E-state index is 12.9. The Morgan fingerprint density at radius 2 is 0.629 bits per heavy atom. The second kappa shape index (κ2) is 34.8. The number of phenolic OH excluding ortho intramolecular Hbond substituents is 8. The van der Waals surface area contributed by atoms with Gasteiger partial charge in [0, 0.05) is 70.2 Å². The maximum Gasteiger partial charge on any atom is 0.228 e. The van der Waals surface area contributed by atoms with E-state index in [0.717, 1.165) is 157 Å². The molecule has 590 valence electrons. The van der Waals surface area contributed by atoms with Crippen LogP contribution in [-0.4, -0.2) is 104 Å². The van der Waals surface area contributed by atoms with Gasteiger partial charge in [-0.2, -0.15) is 0 Å². The van der Waals surface area contributed by atoms with Crippen molar-refractivity contribution in [1.29, 1.82) is 0 Å². The summed E-state index contributed by atoms with van der Waals surface area (Å²) in [6.07, 6.45) is 13.3. The number of nitrogens with zero attached hydrogens (tertiary/aromatic N) is 8. The Hall–Kier alpha value is -13.6. The molecule has 1 unspecified atom stereocenters. The van der Waals surface area contributed by atoms with E-state index in [-0.39, 0.29) is 81.5 Å². The Balaban J connectivity index is 0.000000128. The molecular weight excluding hydrogens is 1470 g/mol. The molecule has 1 fully saturated rings. The van der Waals surface area contributed by atoms with Gasteiger partial charge in [-0.05, 0) is 275 Å². The predicted molar refractivity (Wildman–Crippen MR) is 445 cm³/mol. The second-order valence-electron chi connectivity index (χ2n) is 30.3. The van der Waals surface area contributed by atoms with Gasteiger partial charge in [-0.1, -0.05) is 47.0 Å². The van der Waals surface area contributed by atoms with Crippen LogP contribution in [0.2, 0.25) is 0 Å². The van der Waals surface area contributed by atoms with Crippen molar-refractivity contribution in [2.45, 2.75) is 137 Å². The van der Waals surface area contributed by atoms with Gasteiger partial charge in [-0.3, -0.25) is 19.2 Å². The Bertz CT molecular complexity index is 5720. The topological polar surface area (TPSA) is 381 Å². The Kier molecular flexibility index (Phi) is 23.7. The van der Waals surface area contributed by atoms with Crippen LogP contribution in [0.4, 0.5) is 23.3 Å². The monoisotopic (exact) mass is 1550 g/mol. The largest absolute Gasteiger partial charge is 0.508 e. The molecule has 1 saturated carbocycles. The summed E-state index contributed by atoms with van der Waals surface area (Å²) < 4.78 is 0. The molecule has 24 nitrogen and oxygen atoms in total. The first kappa shape index (κ1) is 79.0. The molecule has 4 aromatic heterocycles. The van der Waals surface area contributed by atoms with Gasteiger partial charge >= 0.3 is 0 Å². The summed E-state index contributed by atoms with van der Waals surface area (Å²) in [5.41, 5.74) is 19.5. The van der Waals surface area contributed by atoms with E-state index < -0.39 is 0 Å². The van der Waals surface area contributed by atoms with Crippen LogP contribution in [0.1, 0.15) is 131 Å². The molecule has 5 aliphatic carbocycles. The summed E-state index contributed by atoms with van der Waals surface area (Å²) in [7, 11) is 0. The van der Waals surface area contributed by atoms with Crippen LogP contribution >= 0.6 is 0 Å². The number of aromatic nitrogens is 8. The number of aromatic hydroxyl groups is 8. The summed E-state index contributed by atoms with van der Waals surface area (Å²) in [5, 5.41) is 89.4. The highest BCUT2D eigenvalue weighted by molar-refractivity contribution is 5.97.